The molecule has 3 nitrogen and oxygen atoms in total. The van der Waals surface area contributed by atoms with Crippen molar-refractivity contribution >= 4 is 35.5 Å². The molecule has 0 aromatic heterocycles. The van der Waals surface area contributed by atoms with Crippen LogP contribution >= 0.6 is 0 Å². The van der Waals surface area contributed by atoms with E-state index >= 15 is 0 Å². The molecule has 1 rings (SSSR count). The van der Waals surface area contributed by atoms with Gasteiger partial charge in [0.05, 0.1) is 0 Å². The maximum atomic E-state index is 11.1. The molecule has 1 heterocycles. The van der Waals surface area contributed by atoms with Crippen molar-refractivity contribution in [3.63, 3.8) is 0 Å². The van der Waals surface area contributed by atoms with Crippen LogP contribution in [-0.2, 0) is 4.79 Å². The Bertz CT molecular complexity index is 312. The molecule has 0 spiro atoms. The monoisotopic (exact) mass is 363 g/mol. The quantitative estimate of drug-likeness (QED) is 0.296. The zero-order chi connectivity index (χ0) is 17.5. The molecule has 4 heteroatoms. The van der Waals surface area contributed by atoms with Crippen LogP contribution in [0.5, 0.6) is 0 Å². The third-order valence-electron chi connectivity index (χ3n) is 5.45. The molecule has 1 atom stereocenters. The number of rotatable bonds is 16. The Balaban J connectivity index is 0.00000576. The summed E-state index contributed by atoms with van der Waals surface area (Å²) in [6.07, 6.45) is 21.1. The number of likely N-dealkylation sites (tertiary alicyclic amines) is 1. The molecule has 1 aliphatic heterocycles. The van der Waals surface area contributed by atoms with Crippen LogP contribution < -0.4 is 0 Å². The maximum absolute atomic E-state index is 11.1. The zero-order valence-electron chi connectivity index (χ0n) is 16.1. The van der Waals surface area contributed by atoms with Crippen LogP contribution in [0.2, 0.25) is 0 Å². The minimum absolute atomic E-state index is 0. The fourth-order valence-electron chi connectivity index (χ4n) is 3.88. The third-order valence-corrected chi connectivity index (χ3v) is 5.45. The van der Waals surface area contributed by atoms with Crippen LogP contribution in [0.1, 0.15) is 110 Å². The zero-order valence-corrected chi connectivity index (χ0v) is 16.1. The summed E-state index contributed by atoms with van der Waals surface area (Å²) in [7, 11) is 0. The van der Waals surface area contributed by atoms with Gasteiger partial charge in [0, 0.05) is 0 Å². The van der Waals surface area contributed by atoms with Crippen LogP contribution in [0.15, 0.2) is 0 Å². The van der Waals surface area contributed by atoms with Gasteiger partial charge in [-0.2, -0.15) is 0 Å². The van der Waals surface area contributed by atoms with Crippen molar-refractivity contribution in [2.75, 3.05) is 13.1 Å². The van der Waals surface area contributed by atoms with Gasteiger partial charge in [0.15, 0.2) is 0 Å². The van der Waals surface area contributed by atoms with E-state index in [0.29, 0.717) is 0 Å². The predicted molar refractivity (Wildman–Crippen MR) is 110 cm³/mol. The number of aliphatic carboxylic acids is 1. The number of hydrogen-bond donors (Lipinski definition) is 1. The second-order valence-corrected chi connectivity index (χ2v) is 7.63. The van der Waals surface area contributed by atoms with E-state index in [0.717, 1.165) is 25.9 Å². The average molecular weight is 364 g/mol. The molecule has 1 aliphatic rings. The van der Waals surface area contributed by atoms with Crippen molar-refractivity contribution in [1.29, 1.82) is 0 Å². The summed E-state index contributed by atoms with van der Waals surface area (Å²) in [4.78, 5) is 13.3. The van der Waals surface area contributed by atoms with E-state index in [1.165, 1.54) is 89.9 Å². The van der Waals surface area contributed by atoms with E-state index in [4.69, 9.17) is 5.11 Å². The molecule has 0 radical (unpaired) electrons. The second kappa shape index (κ2) is 17.8. The first-order chi connectivity index (χ1) is 11.8. The number of nitrogens with zero attached hydrogens (tertiary/aromatic N) is 1. The van der Waals surface area contributed by atoms with Gasteiger partial charge in [-0.25, -0.2) is 0 Å². The third kappa shape index (κ3) is 13.3. The molecule has 0 bridgehead atoms. The van der Waals surface area contributed by atoms with E-state index in [1.54, 1.807) is 0 Å². The summed E-state index contributed by atoms with van der Waals surface area (Å²) >= 11 is 0. The Kier molecular flexibility index (Phi) is 18.1. The molecule has 1 N–H and O–H groups in total. The SMILES string of the molecule is CCCCCCCCCCCCCCCCN1CCCC1C(=O)O.[NaH]. The molecule has 1 saturated heterocycles. The van der Waals surface area contributed by atoms with E-state index < -0.39 is 5.97 Å². The van der Waals surface area contributed by atoms with Crippen molar-refractivity contribution in [2.45, 2.75) is 116 Å². The van der Waals surface area contributed by atoms with Gasteiger partial charge < -0.3 is 5.11 Å². The number of carboxylic acids is 1. The van der Waals surface area contributed by atoms with Gasteiger partial charge in [0.2, 0.25) is 0 Å². The van der Waals surface area contributed by atoms with Crippen molar-refractivity contribution in [2.24, 2.45) is 0 Å². The summed E-state index contributed by atoms with van der Waals surface area (Å²) < 4.78 is 0. The summed E-state index contributed by atoms with van der Waals surface area (Å²) in [5, 5.41) is 9.16. The standard InChI is InChI=1S/C21H41NO2.Na.H/c1-2-3-4-5-6-7-8-9-10-11-12-13-14-15-18-22-19-16-17-20(22)21(23)24;;/h20H,2-19H2,1H3,(H,23,24);;. The van der Waals surface area contributed by atoms with E-state index in [1.807, 2.05) is 0 Å². The molecule has 25 heavy (non-hydrogen) atoms. The molecule has 0 saturated carbocycles. The number of unbranched alkanes of at least 4 members (excludes halogenated alkanes) is 13. The Morgan fingerprint density at radius 3 is 1.72 bits per heavy atom. The molecule has 144 valence electrons. The summed E-state index contributed by atoms with van der Waals surface area (Å²) in [6, 6.07) is -0.202. The number of hydrogen-bond acceptors (Lipinski definition) is 2. The van der Waals surface area contributed by atoms with Crippen molar-refractivity contribution in [3.05, 3.63) is 0 Å². The number of carbonyl (C=O) groups is 1. The molecule has 0 aliphatic carbocycles. The van der Waals surface area contributed by atoms with Gasteiger partial charge in [0.1, 0.15) is 6.04 Å². The predicted octanol–water partition coefficient (Wildman–Crippen LogP) is 5.37. The molecule has 1 unspecified atom stereocenters. The van der Waals surface area contributed by atoms with Crippen LogP contribution in [0.4, 0.5) is 0 Å². The fraction of sp³-hybridized carbons (Fsp3) is 0.952. The van der Waals surface area contributed by atoms with E-state index in [-0.39, 0.29) is 35.6 Å². The van der Waals surface area contributed by atoms with Gasteiger partial charge in [-0.15, -0.1) is 0 Å². The first-order valence-corrected chi connectivity index (χ1v) is 10.7. The van der Waals surface area contributed by atoms with Gasteiger partial charge in [0.25, 0.3) is 0 Å². The Morgan fingerprint density at radius 1 is 0.840 bits per heavy atom. The first-order valence-electron chi connectivity index (χ1n) is 10.7. The molecule has 1 fully saturated rings. The summed E-state index contributed by atoms with van der Waals surface area (Å²) in [5.41, 5.74) is 0. The molecule has 0 aromatic rings. The van der Waals surface area contributed by atoms with Crippen molar-refractivity contribution < 1.29 is 9.90 Å². The summed E-state index contributed by atoms with van der Waals surface area (Å²) in [6.45, 7) is 4.24. The summed E-state index contributed by atoms with van der Waals surface area (Å²) in [5.74, 6) is -0.627. The van der Waals surface area contributed by atoms with E-state index in [9.17, 15) is 4.79 Å². The second-order valence-electron chi connectivity index (χ2n) is 7.63. The molecule has 0 aromatic carbocycles. The van der Waals surface area contributed by atoms with Crippen molar-refractivity contribution in [1.82, 2.24) is 4.90 Å². The van der Waals surface area contributed by atoms with Crippen LogP contribution in [0.25, 0.3) is 0 Å². The normalized spacial score (nSPS) is 17.6. The Morgan fingerprint density at radius 2 is 1.28 bits per heavy atom. The fourth-order valence-corrected chi connectivity index (χ4v) is 3.88. The van der Waals surface area contributed by atoms with Crippen molar-refractivity contribution in [3.8, 4) is 0 Å². The Labute approximate surface area is 178 Å². The van der Waals surface area contributed by atoms with Gasteiger partial charge >= 0.3 is 35.5 Å². The van der Waals surface area contributed by atoms with Crippen LogP contribution in [0, 0.1) is 0 Å². The van der Waals surface area contributed by atoms with Crippen LogP contribution in [-0.4, -0.2) is 64.7 Å². The topological polar surface area (TPSA) is 40.5 Å². The first kappa shape index (κ1) is 25.4. The Hall–Kier alpha value is 0.430. The van der Waals surface area contributed by atoms with Crippen LogP contribution in [0.3, 0.4) is 0 Å². The molecular formula is C21H42NNaO2. The van der Waals surface area contributed by atoms with E-state index in [2.05, 4.69) is 11.8 Å². The average Bonchev–Trinajstić information content (AvgIpc) is 3.04. The number of carboxylic acid groups (broad SMARTS) is 1. The minimum atomic E-state index is -0.627. The molecular weight excluding hydrogens is 321 g/mol. The molecule has 0 amide bonds. The van der Waals surface area contributed by atoms with Gasteiger partial charge in [-0.1, -0.05) is 90.4 Å². The van der Waals surface area contributed by atoms with Gasteiger partial charge in [-0.3, -0.25) is 9.69 Å². The van der Waals surface area contributed by atoms with Gasteiger partial charge in [-0.05, 0) is 32.4 Å².